The number of hydrogen-bond acceptors (Lipinski definition) is 5. The van der Waals surface area contributed by atoms with E-state index in [9.17, 15) is 0 Å². The van der Waals surface area contributed by atoms with Crippen molar-refractivity contribution in [2.24, 2.45) is 5.92 Å². The van der Waals surface area contributed by atoms with Gasteiger partial charge in [-0.25, -0.2) is 4.68 Å². The second-order valence-electron chi connectivity index (χ2n) is 4.82. The molecule has 0 bridgehead atoms. The Labute approximate surface area is 118 Å². The molecule has 0 atom stereocenters. The third-order valence-electron chi connectivity index (χ3n) is 3.61. The predicted octanol–water partition coefficient (Wildman–Crippen LogP) is 2.37. The van der Waals surface area contributed by atoms with E-state index in [4.69, 9.17) is 10.5 Å². The molecule has 1 heterocycles. The van der Waals surface area contributed by atoms with Crippen LogP contribution in [-0.2, 0) is 6.54 Å². The van der Waals surface area contributed by atoms with Crippen LogP contribution in [0.3, 0.4) is 0 Å². The second kappa shape index (κ2) is 6.36. The Kier molecular flexibility index (Phi) is 4.55. The van der Waals surface area contributed by atoms with Gasteiger partial charge in [0, 0.05) is 12.1 Å². The van der Waals surface area contributed by atoms with Crippen LogP contribution in [-0.4, -0.2) is 27.3 Å². The third-order valence-corrected chi connectivity index (χ3v) is 3.61. The fraction of sp³-hybridized carbons (Fsp3) is 0.500. The maximum absolute atomic E-state index is 5.94. The zero-order chi connectivity index (χ0) is 14.5. The van der Waals surface area contributed by atoms with E-state index in [1.165, 1.54) is 0 Å². The molecule has 0 aliphatic carbocycles. The predicted molar refractivity (Wildman–Crippen MR) is 78.3 cm³/mol. The molecule has 20 heavy (non-hydrogen) atoms. The second-order valence-corrected chi connectivity index (χ2v) is 4.82. The number of hydrogen-bond donors (Lipinski definition) is 1. The molecule has 2 aromatic rings. The molecule has 0 aliphatic rings. The lowest BCUT2D eigenvalue weighted by molar-refractivity contribution is 0.392. The van der Waals surface area contributed by atoms with Crippen LogP contribution in [0.4, 0.5) is 5.69 Å². The van der Waals surface area contributed by atoms with Gasteiger partial charge in [0.25, 0.3) is 0 Å². The molecule has 6 nitrogen and oxygen atoms in total. The van der Waals surface area contributed by atoms with Gasteiger partial charge in [-0.2, -0.15) is 0 Å². The number of nitrogens with two attached hydrogens (primary N) is 1. The van der Waals surface area contributed by atoms with E-state index in [0.29, 0.717) is 17.4 Å². The zero-order valence-corrected chi connectivity index (χ0v) is 12.2. The molecule has 108 valence electrons. The van der Waals surface area contributed by atoms with Crippen LogP contribution in [0.25, 0.3) is 11.4 Å². The number of nitrogens with zero attached hydrogens (tertiary/aromatic N) is 4. The summed E-state index contributed by atoms with van der Waals surface area (Å²) in [6.07, 6.45) is 2.22. The minimum absolute atomic E-state index is 0.577. The molecule has 1 aromatic carbocycles. The Balaban J connectivity index is 2.29. The number of ether oxygens (including phenoxy) is 1. The smallest absolute Gasteiger partial charge is 0.182 e. The highest BCUT2D eigenvalue weighted by atomic mass is 16.5. The van der Waals surface area contributed by atoms with Gasteiger partial charge in [-0.15, -0.1) is 5.10 Å². The average molecular weight is 275 g/mol. The van der Waals surface area contributed by atoms with Crippen molar-refractivity contribution < 1.29 is 4.74 Å². The molecular formula is C14H21N5O. The number of aromatic nitrogens is 4. The van der Waals surface area contributed by atoms with Crippen LogP contribution in [0, 0.1) is 5.92 Å². The van der Waals surface area contributed by atoms with Gasteiger partial charge in [-0.1, -0.05) is 26.7 Å². The first-order chi connectivity index (χ1) is 9.69. The standard InChI is InChI=1S/C14H21N5O/c1-4-10(5-2)9-19-14(16-17-18-19)11-6-7-13(20-3)12(15)8-11/h6-8,10H,4-5,9,15H2,1-3H3. The molecular weight excluding hydrogens is 254 g/mol. The van der Waals surface area contributed by atoms with Gasteiger partial charge < -0.3 is 10.5 Å². The first-order valence-corrected chi connectivity index (χ1v) is 6.89. The topological polar surface area (TPSA) is 78.8 Å². The van der Waals surface area contributed by atoms with Gasteiger partial charge in [0.2, 0.25) is 0 Å². The van der Waals surface area contributed by atoms with Crippen molar-refractivity contribution in [1.82, 2.24) is 20.2 Å². The van der Waals surface area contributed by atoms with Crippen LogP contribution in [0.5, 0.6) is 5.75 Å². The van der Waals surface area contributed by atoms with Crippen molar-refractivity contribution in [2.75, 3.05) is 12.8 Å². The number of rotatable bonds is 6. The summed E-state index contributed by atoms with van der Waals surface area (Å²) < 4.78 is 7.01. The van der Waals surface area contributed by atoms with Gasteiger partial charge in [0.1, 0.15) is 5.75 Å². The first kappa shape index (κ1) is 14.3. The van der Waals surface area contributed by atoms with Crippen LogP contribution >= 0.6 is 0 Å². The molecule has 0 amide bonds. The summed E-state index contributed by atoms with van der Waals surface area (Å²) >= 11 is 0. The molecule has 2 N–H and O–H groups in total. The van der Waals surface area contributed by atoms with E-state index >= 15 is 0 Å². The normalized spacial score (nSPS) is 11.0. The van der Waals surface area contributed by atoms with Crippen LogP contribution in [0.15, 0.2) is 18.2 Å². The SMILES string of the molecule is CCC(CC)Cn1nnnc1-c1ccc(OC)c(N)c1. The summed E-state index contributed by atoms with van der Waals surface area (Å²) in [5, 5.41) is 12.0. The fourth-order valence-corrected chi connectivity index (χ4v) is 2.20. The van der Waals surface area contributed by atoms with Crippen molar-refractivity contribution in [3.8, 4) is 17.1 Å². The van der Waals surface area contributed by atoms with Crippen molar-refractivity contribution in [2.45, 2.75) is 33.2 Å². The molecule has 2 rings (SSSR count). The quantitative estimate of drug-likeness (QED) is 0.819. The largest absolute Gasteiger partial charge is 0.495 e. The van der Waals surface area contributed by atoms with E-state index < -0.39 is 0 Å². The maximum atomic E-state index is 5.94. The Hall–Kier alpha value is -2.11. The Morgan fingerprint density at radius 2 is 2.05 bits per heavy atom. The molecule has 1 aromatic heterocycles. The van der Waals surface area contributed by atoms with Crippen molar-refractivity contribution in [3.63, 3.8) is 0 Å². The summed E-state index contributed by atoms with van der Waals surface area (Å²) in [5.74, 6) is 1.98. The molecule has 6 heteroatoms. The van der Waals surface area contributed by atoms with E-state index in [0.717, 1.165) is 30.8 Å². The highest BCUT2D eigenvalue weighted by Gasteiger charge is 2.13. The zero-order valence-electron chi connectivity index (χ0n) is 12.2. The maximum Gasteiger partial charge on any atom is 0.182 e. The lowest BCUT2D eigenvalue weighted by Gasteiger charge is -2.13. The van der Waals surface area contributed by atoms with Crippen LogP contribution < -0.4 is 10.5 Å². The number of methoxy groups -OCH3 is 1. The van der Waals surface area contributed by atoms with Crippen molar-refractivity contribution in [1.29, 1.82) is 0 Å². The summed E-state index contributed by atoms with van der Waals surface area (Å²) in [5.41, 5.74) is 7.43. The first-order valence-electron chi connectivity index (χ1n) is 6.89. The molecule has 0 spiro atoms. The number of tetrazole rings is 1. The van der Waals surface area contributed by atoms with E-state index in [-0.39, 0.29) is 0 Å². The molecule has 0 saturated carbocycles. The Morgan fingerprint density at radius 1 is 1.30 bits per heavy atom. The van der Waals surface area contributed by atoms with Gasteiger partial charge in [-0.3, -0.25) is 0 Å². The molecule has 0 aliphatic heterocycles. The highest BCUT2D eigenvalue weighted by Crippen LogP contribution is 2.27. The summed E-state index contributed by atoms with van der Waals surface area (Å²) in [7, 11) is 1.60. The molecule has 0 radical (unpaired) electrons. The average Bonchev–Trinajstić information content (AvgIpc) is 2.92. The Morgan fingerprint density at radius 3 is 2.65 bits per heavy atom. The number of nitrogen functional groups attached to an aromatic ring is 1. The van der Waals surface area contributed by atoms with Crippen molar-refractivity contribution in [3.05, 3.63) is 18.2 Å². The van der Waals surface area contributed by atoms with Crippen molar-refractivity contribution >= 4 is 5.69 Å². The van der Waals surface area contributed by atoms with Gasteiger partial charge >= 0.3 is 0 Å². The van der Waals surface area contributed by atoms with Crippen LogP contribution in [0.2, 0.25) is 0 Å². The molecule has 0 saturated heterocycles. The monoisotopic (exact) mass is 275 g/mol. The lowest BCUT2D eigenvalue weighted by atomic mass is 10.0. The van der Waals surface area contributed by atoms with E-state index in [2.05, 4.69) is 29.4 Å². The summed E-state index contributed by atoms with van der Waals surface area (Å²) in [6, 6.07) is 5.60. The number of anilines is 1. The van der Waals surface area contributed by atoms with Crippen LogP contribution in [0.1, 0.15) is 26.7 Å². The minimum Gasteiger partial charge on any atom is -0.495 e. The number of benzene rings is 1. The highest BCUT2D eigenvalue weighted by molar-refractivity contribution is 5.66. The summed E-state index contributed by atoms with van der Waals surface area (Å²) in [6.45, 7) is 5.19. The fourth-order valence-electron chi connectivity index (χ4n) is 2.20. The third kappa shape index (κ3) is 2.89. The molecule has 0 unspecified atom stereocenters. The van der Waals surface area contributed by atoms with E-state index in [1.807, 2.05) is 22.9 Å². The van der Waals surface area contributed by atoms with E-state index in [1.54, 1.807) is 7.11 Å². The minimum atomic E-state index is 0.577. The van der Waals surface area contributed by atoms with Gasteiger partial charge in [-0.05, 0) is 34.5 Å². The van der Waals surface area contributed by atoms with Gasteiger partial charge in [0.05, 0.1) is 12.8 Å². The molecule has 0 fully saturated rings. The van der Waals surface area contributed by atoms with Gasteiger partial charge in [0.15, 0.2) is 5.82 Å². The lowest BCUT2D eigenvalue weighted by Crippen LogP contribution is -2.12. The summed E-state index contributed by atoms with van der Waals surface area (Å²) in [4.78, 5) is 0. The Bertz CT molecular complexity index is 562.